The van der Waals surface area contributed by atoms with Crippen molar-refractivity contribution >= 4 is 23.4 Å². The van der Waals surface area contributed by atoms with E-state index >= 15 is 0 Å². The average Bonchev–Trinajstić information content (AvgIpc) is 3.33. The number of rotatable bonds is 1. The van der Waals surface area contributed by atoms with Crippen molar-refractivity contribution in [1.82, 2.24) is 16.0 Å². The molecule has 3 amide bonds. The van der Waals surface area contributed by atoms with Crippen LogP contribution in [-0.4, -0.2) is 63.2 Å². The fourth-order valence-corrected chi connectivity index (χ4v) is 8.76. The molecule has 5 aromatic rings. The van der Waals surface area contributed by atoms with Crippen molar-refractivity contribution in [3.05, 3.63) is 153 Å². The summed E-state index contributed by atoms with van der Waals surface area (Å²) in [6.07, 6.45) is 2.86. The second kappa shape index (κ2) is 23.1. The maximum absolute atomic E-state index is 11.7. The van der Waals surface area contributed by atoms with Gasteiger partial charge in [0.1, 0.15) is 25.6 Å². The molecular formula is C62H82N4O6. The summed E-state index contributed by atoms with van der Waals surface area (Å²) in [6, 6.07) is 33.1. The highest BCUT2D eigenvalue weighted by atomic mass is 16.6. The van der Waals surface area contributed by atoms with E-state index in [-0.39, 0.29) is 45.4 Å². The standard InChI is InChI=1S/2C13H17NO.C12H17NO.C12H15NO.C12H16O2/c2*1-13(2,3)10-4-5-11-9(8-10)6-7-14-12(11)15;1-12(2,3)9-4-5-11-10(8-9)13-6-7-14-11;1-8(2)11-7-9-5-3-4-6-10(9)12(14)13-11;1-12(2,3)9-4-5-10-11(8-9)14-7-6-13-10/h2*4-5,8H,6-7H2,1-3H3,(H,14,15);4-5,8,13H,6-7H2,1-3H3;3-6,8,11H,7H2,1-2H3,(H,13,14);4-5,8H,6-7H2,1-3H3. The molecule has 0 aliphatic carbocycles. The smallest absolute Gasteiger partial charge is 0.251 e. The number of nitrogens with one attached hydrogen (secondary N) is 4. The van der Waals surface area contributed by atoms with E-state index in [1.165, 1.54) is 38.9 Å². The summed E-state index contributed by atoms with van der Waals surface area (Å²) in [4.78, 5) is 34.8. The van der Waals surface area contributed by atoms with Crippen LogP contribution < -0.4 is 35.5 Å². The van der Waals surface area contributed by atoms with Gasteiger partial charge in [0, 0.05) is 42.4 Å². The zero-order valence-electron chi connectivity index (χ0n) is 45.7. The fraction of sp³-hybridized carbons (Fsp3) is 0.468. The van der Waals surface area contributed by atoms with Crippen molar-refractivity contribution in [3.8, 4) is 17.2 Å². The van der Waals surface area contributed by atoms with Gasteiger partial charge < -0.3 is 35.5 Å². The number of ether oxygens (including phenoxy) is 3. The molecule has 10 heteroatoms. The maximum atomic E-state index is 11.7. The van der Waals surface area contributed by atoms with E-state index in [2.05, 4.69) is 173 Å². The van der Waals surface area contributed by atoms with Gasteiger partial charge in [-0.25, -0.2) is 0 Å². The fourth-order valence-electron chi connectivity index (χ4n) is 8.76. The van der Waals surface area contributed by atoms with Crippen molar-refractivity contribution in [2.24, 2.45) is 5.92 Å². The molecule has 0 saturated carbocycles. The molecule has 1 atom stereocenters. The topological polar surface area (TPSA) is 127 Å². The summed E-state index contributed by atoms with van der Waals surface area (Å²) >= 11 is 0. The van der Waals surface area contributed by atoms with E-state index in [0.717, 1.165) is 85.1 Å². The molecule has 1 unspecified atom stereocenters. The Hall–Kier alpha value is -6.29. The molecule has 0 spiro atoms. The number of hydrogen-bond acceptors (Lipinski definition) is 7. The van der Waals surface area contributed by atoms with E-state index < -0.39 is 0 Å². The highest BCUT2D eigenvalue weighted by Crippen LogP contribution is 2.36. The van der Waals surface area contributed by atoms with Crippen molar-refractivity contribution in [2.75, 3.05) is 44.8 Å². The van der Waals surface area contributed by atoms with Gasteiger partial charge in [-0.3, -0.25) is 14.4 Å². The lowest BCUT2D eigenvalue weighted by Crippen LogP contribution is -2.44. The minimum atomic E-state index is 0.0664. The molecule has 0 saturated heterocycles. The average molecular weight is 979 g/mol. The first-order valence-electron chi connectivity index (χ1n) is 25.9. The van der Waals surface area contributed by atoms with Gasteiger partial charge in [0.15, 0.2) is 11.5 Å². The Balaban J connectivity index is 0.000000147. The highest BCUT2D eigenvalue weighted by Gasteiger charge is 2.26. The monoisotopic (exact) mass is 979 g/mol. The number of benzene rings is 5. The van der Waals surface area contributed by atoms with Crippen molar-refractivity contribution in [2.45, 2.75) is 144 Å². The molecule has 5 aromatic carbocycles. The van der Waals surface area contributed by atoms with Gasteiger partial charge in [-0.05, 0) is 128 Å². The van der Waals surface area contributed by atoms with Gasteiger partial charge in [0.25, 0.3) is 17.7 Å². The number of carbonyl (C=O) groups excluding carboxylic acids is 3. The van der Waals surface area contributed by atoms with Crippen molar-refractivity contribution in [3.63, 3.8) is 0 Å². The van der Waals surface area contributed by atoms with E-state index in [9.17, 15) is 14.4 Å². The van der Waals surface area contributed by atoms with E-state index in [1.54, 1.807) is 0 Å². The Labute approximate surface area is 430 Å². The second-order valence-electron chi connectivity index (χ2n) is 23.8. The van der Waals surface area contributed by atoms with Crippen LogP contribution in [0.3, 0.4) is 0 Å². The SMILES string of the molecule is CC(C)(C)c1ccc2c(c1)CCNC2=O.CC(C)(C)c1ccc2c(c1)CCNC2=O.CC(C)(C)c1ccc2c(c1)NCCO2.CC(C)(C)c1ccc2c(c1)OCCO2.CC(C)C1Cc2ccccc2C(=O)N1. The Morgan fingerprint density at radius 1 is 0.444 bits per heavy atom. The zero-order chi connectivity index (χ0) is 52.6. The number of anilines is 1. The third-order valence-electron chi connectivity index (χ3n) is 13.5. The zero-order valence-corrected chi connectivity index (χ0v) is 45.7. The molecule has 5 aliphatic rings. The van der Waals surface area contributed by atoms with Gasteiger partial charge in [-0.15, -0.1) is 0 Å². The first-order chi connectivity index (χ1) is 33.8. The molecule has 0 bridgehead atoms. The summed E-state index contributed by atoms with van der Waals surface area (Å²) in [5, 5.41) is 12.1. The molecule has 0 radical (unpaired) electrons. The van der Waals surface area contributed by atoms with Gasteiger partial charge in [0.05, 0.1) is 5.69 Å². The summed E-state index contributed by atoms with van der Waals surface area (Å²) < 4.78 is 16.5. The molecule has 4 N–H and O–H groups in total. The Bertz CT molecular complexity index is 2550. The molecular weight excluding hydrogens is 897 g/mol. The molecule has 386 valence electrons. The van der Waals surface area contributed by atoms with Gasteiger partial charge in [0.2, 0.25) is 0 Å². The largest absolute Gasteiger partial charge is 0.490 e. The first kappa shape index (κ1) is 55.0. The number of amides is 3. The van der Waals surface area contributed by atoms with Crippen LogP contribution in [0.2, 0.25) is 0 Å². The predicted octanol–water partition coefficient (Wildman–Crippen LogP) is 12.1. The van der Waals surface area contributed by atoms with Crippen LogP contribution in [0.1, 0.15) is 167 Å². The molecule has 5 heterocycles. The number of fused-ring (bicyclic) bond motifs is 5. The maximum Gasteiger partial charge on any atom is 0.251 e. The second-order valence-corrected chi connectivity index (χ2v) is 23.8. The lowest BCUT2D eigenvalue weighted by Gasteiger charge is -2.28. The molecule has 0 aromatic heterocycles. The normalized spacial score (nSPS) is 16.5. The minimum Gasteiger partial charge on any atom is -0.490 e. The third-order valence-corrected chi connectivity index (χ3v) is 13.5. The van der Waals surface area contributed by atoms with Crippen LogP contribution in [0, 0.1) is 5.92 Å². The summed E-state index contributed by atoms with van der Waals surface area (Å²) in [7, 11) is 0. The lowest BCUT2D eigenvalue weighted by atomic mass is 9.84. The van der Waals surface area contributed by atoms with Gasteiger partial charge in [-0.1, -0.05) is 152 Å². The highest BCUT2D eigenvalue weighted by molar-refractivity contribution is 5.98. The summed E-state index contributed by atoms with van der Waals surface area (Å²) in [5.41, 5.74) is 13.1. The number of carbonyl (C=O) groups is 3. The van der Waals surface area contributed by atoms with Crippen LogP contribution in [-0.2, 0) is 40.9 Å². The molecule has 10 rings (SSSR count). The van der Waals surface area contributed by atoms with Gasteiger partial charge >= 0.3 is 0 Å². The van der Waals surface area contributed by atoms with E-state index in [1.807, 2.05) is 42.5 Å². The van der Waals surface area contributed by atoms with Crippen LogP contribution in [0.25, 0.3) is 0 Å². The first-order valence-corrected chi connectivity index (χ1v) is 25.9. The van der Waals surface area contributed by atoms with E-state index in [4.69, 9.17) is 14.2 Å². The predicted molar refractivity (Wildman–Crippen MR) is 294 cm³/mol. The lowest BCUT2D eigenvalue weighted by molar-refractivity contribution is 0.0909. The van der Waals surface area contributed by atoms with Crippen molar-refractivity contribution < 1.29 is 28.6 Å². The summed E-state index contributed by atoms with van der Waals surface area (Å²) in [6.45, 7) is 35.2. The van der Waals surface area contributed by atoms with E-state index in [0.29, 0.717) is 19.1 Å². The van der Waals surface area contributed by atoms with Crippen molar-refractivity contribution in [1.29, 1.82) is 0 Å². The minimum absolute atomic E-state index is 0.0664. The number of hydrogen-bond donors (Lipinski definition) is 4. The van der Waals surface area contributed by atoms with Crippen LogP contribution in [0.5, 0.6) is 17.2 Å². The molecule has 0 fully saturated rings. The Kier molecular flexibility index (Phi) is 17.6. The Morgan fingerprint density at radius 2 is 0.889 bits per heavy atom. The van der Waals surface area contributed by atoms with Gasteiger partial charge in [-0.2, -0.15) is 0 Å². The van der Waals surface area contributed by atoms with Crippen LogP contribution in [0.4, 0.5) is 5.69 Å². The van der Waals surface area contributed by atoms with Crippen LogP contribution in [0.15, 0.2) is 97.1 Å². The molecule has 72 heavy (non-hydrogen) atoms. The van der Waals surface area contributed by atoms with Crippen LogP contribution >= 0.6 is 0 Å². The molecule has 5 aliphatic heterocycles. The third kappa shape index (κ3) is 14.7. The molecule has 10 nitrogen and oxygen atoms in total. The Morgan fingerprint density at radius 3 is 1.42 bits per heavy atom. The summed E-state index contributed by atoms with van der Waals surface area (Å²) in [5.74, 6) is 3.42. The quantitative estimate of drug-likeness (QED) is 0.132.